The number of primary amides is 1. The van der Waals surface area contributed by atoms with Gasteiger partial charge in [-0.15, -0.1) is 0 Å². The number of amides is 3. The number of carboxylic acid groups (broad SMARTS) is 2. The summed E-state index contributed by atoms with van der Waals surface area (Å²) in [6.07, 6.45) is 0. The molecular formula is C46H53F2N3O9. The second-order valence-corrected chi connectivity index (χ2v) is 17.7. The lowest BCUT2D eigenvalue weighted by atomic mass is 9.92. The predicted octanol–water partition coefficient (Wildman–Crippen LogP) is 8.60. The van der Waals surface area contributed by atoms with Crippen molar-refractivity contribution in [2.75, 3.05) is 13.1 Å². The van der Waals surface area contributed by atoms with Crippen LogP contribution in [0.2, 0.25) is 0 Å². The molecule has 0 radical (unpaired) electrons. The highest BCUT2D eigenvalue weighted by atomic mass is 19.1. The Morgan fingerprint density at radius 2 is 0.967 bits per heavy atom. The number of hydrogen-bond donors (Lipinski definition) is 5. The van der Waals surface area contributed by atoms with Crippen molar-refractivity contribution >= 4 is 35.6 Å². The molecule has 60 heavy (non-hydrogen) atoms. The maximum absolute atomic E-state index is 14.7. The zero-order valence-electron chi connectivity index (χ0n) is 35.8. The van der Waals surface area contributed by atoms with Gasteiger partial charge in [0.2, 0.25) is 5.91 Å². The minimum atomic E-state index is -1.29. The molecule has 12 nitrogen and oxygen atoms in total. The molecule has 0 bridgehead atoms. The standard InChI is InChI=1S/C25H30FNO5.C21H23FN2O4/c1-14-18(11-16(12-20(14)26)23(31)32-25(5,6)7)17-9-8-15(10-19(17)22(29)30)21(28)27-13-24(2,3)4;1-11-15(8-13(20(27)28)9-17(11)22)14-6-5-12(7-16(14)18(23)25)19(26)24-10-21(2,3)4/h8-12H,13H2,1-7H3,(H,27,28)(H,29,30);5-9H,10H2,1-4H3,(H2,23,25)(H,24,26)(H,27,28). The molecule has 4 aromatic rings. The Hall–Kier alpha value is -6.44. The quantitative estimate of drug-likeness (QED) is 0.0970. The highest BCUT2D eigenvalue weighted by Gasteiger charge is 2.24. The van der Waals surface area contributed by atoms with Crippen LogP contribution in [0.25, 0.3) is 22.3 Å². The molecule has 4 aromatic carbocycles. The number of aromatic carboxylic acids is 2. The van der Waals surface area contributed by atoms with E-state index in [1.807, 2.05) is 41.5 Å². The van der Waals surface area contributed by atoms with Crippen LogP contribution in [0.1, 0.15) is 136 Å². The van der Waals surface area contributed by atoms with Gasteiger partial charge in [0.05, 0.1) is 16.7 Å². The van der Waals surface area contributed by atoms with Gasteiger partial charge >= 0.3 is 17.9 Å². The predicted molar refractivity (Wildman–Crippen MR) is 224 cm³/mol. The van der Waals surface area contributed by atoms with Crippen LogP contribution in [0, 0.1) is 36.3 Å². The van der Waals surface area contributed by atoms with Crippen LogP contribution in [-0.2, 0) is 4.74 Å². The SMILES string of the molecule is Cc1c(F)cc(C(=O)O)cc1-c1ccc(C(=O)NCC(C)(C)C)cc1C(N)=O.Cc1c(F)cc(C(=O)OC(C)(C)C)cc1-c1ccc(C(=O)NCC(C)(C)C)cc1C(=O)O. The average molecular weight is 830 g/mol. The van der Waals surface area contributed by atoms with E-state index in [1.54, 1.807) is 20.8 Å². The number of ether oxygens (including phenoxy) is 1. The Labute approximate surface area is 348 Å². The van der Waals surface area contributed by atoms with E-state index >= 15 is 0 Å². The molecule has 0 heterocycles. The first-order valence-corrected chi connectivity index (χ1v) is 18.9. The van der Waals surface area contributed by atoms with Crippen molar-refractivity contribution in [3.63, 3.8) is 0 Å². The molecule has 4 rings (SSSR count). The number of carbonyl (C=O) groups is 6. The zero-order valence-corrected chi connectivity index (χ0v) is 35.8. The Bertz CT molecular complexity index is 2350. The van der Waals surface area contributed by atoms with Crippen LogP contribution in [-0.4, -0.2) is 64.5 Å². The molecule has 6 N–H and O–H groups in total. The topological polar surface area (TPSA) is 202 Å². The van der Waals surface area contributed by atoms with Crippen molar-refractivity contribution in [2.24, 2.45) is 16.6 Å². The number of halogens is 2. The van der Waals surface area contributed by atoms with Crippen LogP contribution in [0.15, 0.2) is 60.7 Å². The van der Waals surface area contributed by atoms with Crippen molar-refractivity contribution in [1.82, 2.24) is 10.6 Å². The second-order valence-electron chi connectivity index (χ2n) is 17.7. The highest BCUT2D eigenvalue weighted by Crippen LogP contribution is 2.33. The molecule has 0 saturated heterocycles. The van der Waals surface area contributed by atoms with Gasteiger partial charge in [-0.1, -0.05) is 53.7 Å². The van der Waals surface area contributed by atoms with Gasteiger partial charge in [0.15, 0.2) is 0 Å². The van der Waals surface area contributed by atoms with Crippen molar-refractivity contribution < 1.29 is 52.5 Å². The van der Waals surface area contributed by atoms with Gasteiger partial charge in [0.1, 0.15) is 17.2 Å². The summed E-state index contributed by atoms with van der Waals surface area (Å²) in [6.45, 7) is 20.7. The number of benzene rings is 4. The molecule has 0 fully saturated rings. The van der Waals surface area contributed by atoms with Crippen LogP contribution in [0.3, 0.4) is 0 Å². The van der Waals surface area contributed by atoms with E-state index in [0.717, 1.165) is 12.1 Å². The van der Waals surface area contributed by atoms with E-state index in [4.69, 9.17) is 10.5 Å². The zero-order chi connectivity index (χ0) is 45.7. The Balaban J connectivity index is 0.000000323. The van der Waals surface area contributed by atoms with Crippen LogP contribution < -0.4 is 16.4 Å². The summed E-state index contributed by atoms with van der Waals surface area (Å²) >= 11 is 0. The molecular weight excluding hydrogens is 777 g/mol. The van der Waals surface area contributed by atoms with E-state index in [0.29, 0.717) is 13.1 Å². The lowest BCUT2D eigenvalue weighted by Crippen LogP contribution is -2.32. The van der Waals surface area contributed by atoms with Gasteiger partial charge in [0, 0.05) is 29.8 Å². The largest absolute Gasteiger partial charge is 0.478 e. The third-order valence-electron chi connectivity index (χ3n) is 8.77. The first kappa shape index (κ1) is 47.9. The van der Waals surface area contributed by atoms with Gasteiger partial charge in [-0.3, -0.25) is 14.4 Å². The Morgan fingerprint density at radius 1 is 0.567 bits per heavy atom. The minimum Gasteiger partial charge on any atom is -0.478 e. The normalized spacial score (nSPS) is 11.5. The lowest BCUT2D eigenvalue weighted by molar-refractivity contribution is 0.00682. The smallest absolute Gasteiger partial charge is 0.338 e. The lowest BCUT2D eigenvalue weighted by Gasteiger charge is -2.20. The first-order chi connectivity index (χ1) is 27.5. The fraction of sp³-hybridized carbons (Fsp3) is 0.348. The molecule has 0 aliphatic carbocycles. The maximum Gasteiger partial charge on any atom is 0.338 e. The summed E-state index contributed by atoms with van der Waals surface area (Å²) in [6, 6.07) is 13.2. The molecule has 320 valence electrons. The van der Waals surface area contributed by atoms with Gasteiger partial charge in [-0.05, 0) is 127 Å². The fourth-order valence-corrected chi connectivity index (χ4v) is 5.61. The van der Waals surface area contributed by atoms with E-state index in [1.165, 1.54) is 62.4 Å². The molecule has 14 heteroatoms. The molecule has 0 aliphatic rings. The van der Waals surface area contributed by atoms with Crippen LogP contribution in [0.4, 0.5) is 8.78 Å². The van der Waals surface area contributed by atoms with E-state index in [9.17, 15) is 47.8 Å². The molecule has 0 aliphatic heterocycles. The number of carboxylic acids is 2. The summed E-state index contributed by atoms with van der Waals surface area (Å²) in [7, 11) is 0. The third kappa shape index (κ3) is 13.0. The van der Waals surface area contributed by atoms with Gasteiger partial charge in [-0.25, -0.2) is 23.2 Å². The molecule has 0 atom stereocenters. The van der Waals surface area contributed by atoms with Crippen molar-refractivity contribution in [3.05, 3.63) is 117 Å². The molecule has 0 unspecified atom stereocenters. The van der Waals surface area contributed by atoms with Crippen molar-refractivity contribution in [3.8, 4) is 22.3 Å². The van der Waals surface area contributed by atoms with Crippen LogP contribution >= 0.6 is 0 Å². The van der Waals surface area contributed by atoms with E-state index in [2.05, 4.69) is 10.6 Å². The summed E-state index contributed by atoms with van der Waals surface area (Å²) in [5.41, 5.74) is 5.71. The molecule has 0 spiro atoms. The summed E-state index contributed by atoms with van der Waals surface area (Å²) in [5, 5.41) is 24.5. The molecule has 0 saturated carbocycles. The van der Waals surface area contributed by atoms with E-state index in [-0.39, 0.29) is 83.5 Å². The summed E-state index contributed by atoms with van der Waals surface area (Å²) in [5.74, 6) is -6.23. The number of rotatable bonds is 10. The van der Waals surface area contributed by atoms with Crippen molar-refractivity contribution in [2.45, 2.75) is 81.8 Å². The average Bonchev–Trinajstić information content (AvgIpc) is 3.13. The van der Waals surface area contributed by atoms with Gasteiger partial charge in [-0.2, -0.15) is 0 Å². The minimum absolute atomic E-state index is 0.00782. The number of esters is 1. The summed E-state index contributed by atoms with van der Waals surface area (Å²) in [4.78, 5) is 72.5. The Kier molecular flexibility index (Phi) is 14.9. The monoisotopic (exact) mass is 829 g/mol. The summed E-state index contributed by atoms with van der Waals surface area (Å²) < 4.78 is 34.2. The highest BCUT2D eigenvalue weighted by molar-refractivity contribution is 6.05. The number of nitrogens with two attached hydrogens (primary N) is 1. The number of nitrogens with one attached hydrogen (secondary N) is 2. The number of carbonyl (C=O) groups excluding carboxylic acids is 4. The second kappa shape index (κ2) is 18.6. The van der Waals surface area contributed by atoms with Crippen molar-refractivity contribution in [1.29, 1.82) is 0 Å². The van der Waals surface area contributed by atoms with Gasteiger partial charge in [0.25, 0.3) is 11.8 Å². The van der Waals surface area contributed by atoms with Crippen LogP contribution in [0.5, 0.6) is 0 Å². The third-order valence-corrected chi connectivity index (χ3v) is 8.77. The Morgan fingerprint density at radius 3 is 1.35 bits per heavy atom. The first-order valence-electron chi connectivity index (χ1n) is 18.9. The maximum atomic E-state index is 14.7. The molecule has 0 aromatic heterocycles. The molecule has 3 amide bonds. The number of hydrogen-bond acceptors (Lipinski definition) is 7. The van der Waals surface area contributed by atoms with E-state index < -0.39 is 47.0 Å². The van der Waals surface area contributed by atoms with Gasteiger partial charge < -0.3 is 31.3 Å². The fourth-order valence-electron chi connectivity index (χ4n) is 5.61.